The Labute approximate surface area is 90.2 Å². The Hall–Kier alpha value is -1.72. The highest BCUT2D eigenvalue weighted by atomic mass is 19.4. The first-order valence-corrected chi connectivity index (χ1v) is 4.56. The molecule has 16 heavy (non-hydrogen) atoms. The molecule has 1 N–H and O–H groups in total. The van der Waals surface area contributed by atoms with Gasteiger partial charge >= 0.3 is 12.3 Å². The van der Waals surface area contributed by atoms with Crippen LogP contribution in [0.25, 0.3) is 0 Å². The van der Waals surface area contributed by atoms with Crippen LogP contribution in [0.2, 0.25) is 0 Å². The molecule has 3 nitrogen and oxygen atoms in total. The van der Waals surface area contributed by atoms with E-state index in [1.165, 1.54) is 12.1 Å². The van der Waals surface area contributed by atoms with Crippen molar-refractivity contribution in [1.29, 1.82) is 0 Å². The van der Waals surface area contributed by atoms with Gasteiger partial charge in [0.2, 0.25) is 0 Å². The molecule has 0 heterocycles. The van der Waals surface area contributed by atoms with Crippen molar-refractivity contribution in [3.63, 3.8) is 0 Å². The summed E-state index contributed by atoms with van der Waals surface area (Å²) in [6.07, 6.45) is -5.22. The first-order valence-electron chi connectivity index (χ1n) is 4.56. The number of rotatable bonds is 2. The standard InChI is InChI=1S/C10H10F3NO2/c1-2-14-9(15)16-8-5-3-4-7(6-8)10(11,12)13/h3-6H,2H2,1H3,(H,14,15). The van der Waals surface area contributed by atoms with E-state index in [1.54, 1.807) is 6.92 Å². The SMILES string of the molecule is CCNC(=O)Oc1cccc(C(F)(F)F)c1. The zero-order valence-corrected chi connectivity index (χ0v) is 8.47. The molecule has 0 atom stereocenters. The van der Waals surface area contributed by atoms with E-state index in [0.29, 0.717) is 6.54 Å². The van der Waals surface area contributed by atoms with E-state index in [4.69, 9.17) is 0 Å². The van der Waals surface area contributed by atoms with E-state index in [9.17, 15) is 18.0 Å². The van der Waals surface area contributed by atoms with Crippen LogP contribution < -0.4 is 10.1 Å². The number of amides is 1. The second kappa shape index (κ2) is 4.87. The third-order valence-corrected chi connectivity index (χ3v) is 1.69. The molecule has 6 heteroatoms. The van der Waals surface area contributed by atoms with E-state index in [1.807, 2.05) is 0 Å². The maximum atomic E-state index is 12.3. The predicted molar refractivity (Wildman–Crippen MR) is 51.1 cm³/mol. The van der Waals surface area contributed by atoms with E-state index < -0.39 is 17.8 Å². The minimum Gasteiger partial charge on any atom is -0.410 e. The van der Waals surface area contributed by atoms with Crippen LogP contribution in [0, 0.1) is 0 Å². The summed E-state index contributed by atoms with van der Waals surface area (Å²) < 4.78 is 41.5. The Kier molecular flexibility index (Phi) is 3.76. The lowest BCUT2D eigenvalue weighted by Gasteiger charge is -2.09. The van der Waals surface area contributed by atoms with Crippen molar-refractivity contribution in [2.75, 3.05) is 6.54 Å². The molecule has 88 valence electrons. The third-order valence-electron chi connectivity index (χ3n) is 1.69. The van der Waals surface area contributed by atoms with Crippen molar-refractivity contribution in [3.05, 3.63) is 29.8 Å². The number of ether oxygens (including phenoxy) is 1. The largest absolute Gasteiger partial charge is 0.416 e. The third kappa shape index (κ3) is 3.45. The van der Waals surface area contributed by atoms with Gasteiger partial charge in [-0.3, -0.25) is 0 Å². The molecule has 0 aliphatic heterocycles. The summed E-state index contributed by atoms with van der Waals surface area (Å²) in [6, 6.07) is 4.14. The van der Waals surface area contributed by atoms with E-state index in [0.717, 1.165) is 12.1 Å². The molecule has 1 aromatic carbocycles. The molecule has 0 aliphatic carbocycles. The summed E-state index contributed by atoms with van der Waals surface area (Å²) in [5.41, 5.74) is -0.853. The van der Waals surface area contributed by atoms with Crippen molar-refractivity contribution in [1.82, 2.24) is 5.32 Å². The van der Waals surface area contributed by atoms with Crippen LogP contribution in [0.3, 0.4) is 0 Å². The summed E-state index contributed by atoms with van der Waals surface area (Å²) in [5.74, 6) is -0.138. The number of halogens is 3. The molecule has 0 bridgehead atoms. The predicted octanol–water partition coefficient (Wildman–Crippen LogP) is 2.81. The molecule has 0 radical (unpaired) electrons. The van der Waals surface area contributed by atoms with Gasteiger partial charge in [0.1, 0.15) is 5.75 Å². The fraction of sp³-hybridized carbons (Fsp3) is 0.300. The first kappa shape index (κ1) is 12.4. The van der Waals surface area contributed by atoms with Crippen LogP contribution in [0.4, 0.5) is 18.0 Å². The van der Waals surface area contributed by atoms with Crippen molar-refractivity contribution in [2.24, 2.45) is 0 Å². The minimum atomic E-state index is -4.44. The molecule has 0 fully saturated rings. The van der Waals surface area contributed by atoms with Gasteiger partial charge in [-0.05, 0) is 25.1 Å². The van der Waals surface area contributed by atoms with E-state index in [-0.39, 0.29) is 5.75 Å². The Morgan fingerprint density at radius 3 is 2.69 bits per heavy atom. The van der Waals surface area contributed by atoms with Gasteiger partial charge in [0.05, 0.1) is 5.56 Å². The number of alkyl halides is 3. The maximum absolute atomic E-state index is 12.3. The highest BCUT2D eigenvalue weighted by molar-refractivity contribution is 5.70. The second-order valence-electron chi connectivity index (χ2n) is 2.95. The Morgan fingerprint density at radius 1 is 1.44 bits per heavy atom. The molecule has 0 aliphatic rings. The lowest BCUT2D eigenvalue weighted by molar-refractivity contribution is -0.137. The smallest absolute Gasteiger partial charge is 0.410 e. The van der Waals surface area contributed by atoms with E-state index in [2.05, 4.69) is 10.1 Å². The Morgan fingerprint density at radius 2 is 2.12 bits per heavy atom. The van der Waals surface area contributed by atoms with Gasteiger partial charge in [-0.25, -0.2) is 4.79 Å². The van der Waals surface area contributed by atoms with Crippen LogP contribution in [0.15, 0.2) is 24.3 Å². The van der Waals surface area contributed by atoms with Crippen LogP contribution in [-0.2, 0) is 6.18 Å². The summed E-state index contributed by atoms with van der Waals surface area (Å²) in [4.78, 5) is 11.0. The average Bonchev–Trinajstić information content (AvgIpc) is 2.17. The van der Waals surface area contributed by atoms with Crippen molar-refractivity contribution >= 4 is 6.09 Å². The van der Waals surface area contributed by atoms with Crippen LogP contribution in [0.5, 0.6) is 5.75 Å². The molecule has 0 saturated heterocycles. The van der Waals surface area contributed by atoms with Gasteiger partial charge in [0.15, 0.2) is 0 Å². The van der Waals surface area contributed by atoms with Gasteiger partial charge in [0.25, 0.3) is 0 Å². The number of hydrogen-bond donors (Lipinski definition) is 1. The fourth-order valence-corrected chi connectivity index (χ4v) is 1.02. The summed E-state index contributed by atoms with van der Waals surface area (Å²) in [5, 5.41) is 2.31. The van der Waals surface area contributed by atoms with Crippen molar-refractivity contribution in [2.45, 2.75) is 13.1 Å². The average molecular weight is 233 g/mol. The summed E-state index contributed by atoms with van der Waals surface area (Å²) in [7, 11) is 0. The van der Waals surface area contributed by atoms with Gasteiger partial charge in [-0.2, -0.15) is 13.2 Å². The van der Waals surface area contributed by atoms with Gasteiger partial charge in [-0.15, -0.1) is 0 Å². The zero-order chi connectivity index (χ0) is 12.2. The maximum Gasteiger partial charge on any atom is 0.416 e. The normalized spacial score (nSPS) is 11.0. The number of carbonyl (C=O) groups is 1. The van der Waals surface area contributed by atoms with Gasteiger partial charge in [-0.1, -0.05) is 6.07 Å². The number of hydrogen-bond acceptors (Lipinski definition) is 2. The van der Waals surface area contributed by atoms with Crippen LogP contribution in [0.1, 0.15) is 12.5 Å². The molecular formula is C10H10F3NO2. The second-order valence-corrected chi connectivity index (χ2v) is 2.95. The van der Waals surface area contributed by atoms with Crippen LogP contribution >= 0.6 is 0 Å². The molecule has 1 rings (SSSR count). The summed E-state index contributed by atoms with van der Waals surface area (Å²) >= 11 is 0. The highest BCUT2D eigenvalue weighted by Gasteiger charge is 2.30. The fourth-order valence-electron chi connectivity index (χ4n) is 1.02. The van der Waals surface area contributed by atoms with Gasteiger partial charge < -0.3 is 10.1 Å². The quantitative estimate of drug-likeness (QED) is 0.852. The van der Waals surface area contributed by atoms with Crippen molar-refractivity contribution < 1.29 is 22.7 Å². The molecule has 0 unspecified atom stereocenters. The molecule has 1 amide bonds. The number of nitrogens with one attached hydrogen (secondary N) is 1. The topological polar surface area (TPSA) is 38.3 Å². The van der Waals surface area contributed by atoms with E-state index >= 15 is 0 Å². The lowest BCUT2D eigenvalue weighted by atomic mass is 10.2. The lowest BCUT2D eigenvalue weighted by Crippen LogP contribution is -2.26. The number of carbonyl (C=O) groups excluding carboxylic acids is 1. The number of benzene rings is 1. The summed E-state index contributed by atoms with van der Waals surface area (Å²) in [6.45, 7) is 2.02. The van der Waals surface area contributed by atoms with Crippen molar-refractivity contribution in [3.8, 4) is 5.75 Å². The molecule has 1 aromatic rings. The Bertz CT molecular complexity index is 377. The zero-order valence-electron chi connectivity index (χ0n) is 8.47. The molecule has 0 saturated carbocycles. The highest BCUT2D eigenvalue weighted by Crippen LogP contribution is 2.31. The first-order chi connectivity index (χ1) is 7.43. The Balaban J connectivity index is 2.79. The minimum absolute atomic E-state index is 0.138. The molecular weight excluding hydrogens is 223 g/mol. The monoisotopic (exact) mass is 233 g/mol. The van der Waals surface area contributed by atoms with Crippen LogP contribution in [-0.4, -0.2) is 12.6 Å². The van der Waals surface area contributed by atoms with Gasteiger partial charge in [0, 0.05) is 6.54 Å². The molecule has 0 aromatic heterocycles. The molecule has 0 spiro atoms.